The molecule has 0 saturated heterocycles. The summed E-state index contributed by atoms with van der Waals surface area (Å²) in [5, 5.41) is 9.02. The summed E-state index contributed by atoms with van der Waals surface area (Å²) in [6.07, 6.45) is 1.56. The summed E-state index contributed by atoms with van der Waals surface area (Å²) in [6.45, 7) is 2.02. The van der Waals surface area contributed by atoms with Crippen molar-refractivity contribution in [1.29, 1.82) is 0 Å². The first-order valence-corrected chi connectivity index (χ1v) is 17.7. The van der Waals surface area contributed by atoms with Crippen molar-refractivity contribution in [1.82, 2.24) is 14.7 Å². The molecule has 4 aromatic carbocycles. The number of hydrogen-bond donors (Lipinski definition) is 3. The predicted octanol–water partition coefficient (Wildman–Crippen LogP) is 7.55. The number of nitrogens with zero attached hydrogens (tertiary/aromatic N) is 2. The Morgan fingerprint density at radius 1 is 0.857 bits per heavy atom. The zero-order valence-electron chi connectivity index (χ0n) is 26.8. The SMILES string of the molecule is CCSc1nsc(NC(=O)C(Sc2ccc(NC(=O)/C(=C/c3ccc(OC)c(OC)c3)NC(=O)c3ccccc3)cc2)c2ccccc2)n1. The molecule has 1 heterocycles. The molecule has 5 aromatic rings. The maximum atomic E-state index is 13.6. The van der Waals surface area contributed by atoms with Crippen LogP contribution in [-0.4, -0.2) is 47.1 Å². The van der Waals surface area contributed by atoms with Crippen LogP contribution in [0.2, 0.25) is 0 Å². The number of hydrogen-bond acceptors (Lipinski definition) is 10. The third-order valence-corrected chi connectivity index (χ3v) is 9.61. The van der Waals surface area contributed by atoms with E-state index >= 15 is 0 Å². The second kappa shape index (κ2) is 17.3. The van der Waals surface area contributed by atoms with Gasteiger partial charge in [0.05, 0.1) is 14.2 Å². The number of methoxy groups -OCH3 is 2. The number of rotatable bonds is 14. The number of nitrogens with one attached hydrogen (secondary N) is 3. The monoisotopic (exact) mass is 711 g/mol. The summed E-state index contributed by atoms with van der Waals surface area (Å²) in [4.78, 5) is 45.3. The number of thioether (sulfide) groups is 2. The van der Waals surface area contributed by atoms with Crippen LogP contribution >= 0.6 is 35.1 Å². The lowest BCUT2D eigenvalue weighted by atomic mass is 10.1. The molecule has 13 heteroatoms. The minimum absolute atomic E-state index is 0.0255. The molecule has 0 aliphatic carbocycles. The topological polar surface area (TPSA) is 132 Å². The van der Waals surface area contributed by atoms with E-state index in [-0.39, 0.29) is 11.6 Å². The Morgan fingerprint density at radius 2 is 1.55 bits per heavy atom. The molecule has 250 valence electrons. The zero-order valence-corrected chi connectivity index (χ0v) is 29.3. The van der Waals surface area contributed by atoms with Gasteiger partial charge in [-0.15, -0.1) is 11.8 Å². The van der Waals surface area contributed by atoms with Gasteiger partial charge in [0.25, 0.3) is 11.8 Å². The average molecular weight is 712 g/mol. The third kappa shape index (κ3) is 9.72. The van der Waals surface area contributed by atoms with Crippen molar-refractivity contribution in [3.8, 4) is 11.5 Å². The molecular formula is C36H33N5O5S3. The van der Waals surface area contributed by atoms with Gasteiger partial charge in [0.2, 0.25) is 16.2 Å². The maximum Gasteiger partial charge on any atom is 0.272 e. The van der Waals surface area contributed by atoms with E-state index in [4.69, 9.17) is 9.47 Å². The molecule has 10 nitrogen and oxygen atoms in total. The van der Waals surface area contributed by atoms with Gasteiger partial charge in [0.1, 0.15) is 10.9 Å². The first kappa shape index (κ1) is 35.2. The van der Waals surface area contributed by atoms with E-state index in [9.17, 15) is 14.4 Å². The van der Waals surface area contributed by atoms with Gasteiger partial charge in [-0.25, -0.2) is 0 Å². The highest BCUT2D eigenvalue weighted by Gasteiger charge is 2.24. The molecule has 3 amide bonds. The minimum atomic E-state index is -0.572. The minimum Gasteiger partial charge on any atom is -0.493 e. The normalized spacial score (nSPS) is 11.7. The summed E-state index contributed by atoms with van der Waals surface area (Å²) in [7, 11) is 3.06. The predicted molar refractivity (Wildman–Crippen MR) is 196 cm³/mol. The van der Waals surface area contributed by atoms with Crippen molar-refractivity contribution < 1.29 is 23.9 Å². The number of carbonyl (C=O) groups excluding carboxylic acids is 3. The molecule has 0 saturated carbocycles. The van der Waals surface area contributed by atoms with Crippen molar-refractivity contribution in [2.75, 3.05) is 30.6 Å². The highest BCUT2D eigenvalue weighted by molar-refractivity contribution is 8.00. The van der Waals surface area contributed by atoms with E-state index in [1.807, 2.05) is 49.4 Å². The summed E-state index contributed by atoms with van der Waals surface area (Å²) >= 11 is 4.03. The van der Waals surface area contributed by atoms with Crippen LogP contribution in [0.4, 0.5) is 10.8 Å². The van der Waals surface area contributed by atoms with E-state index in [0.29, 0.717) is 38.6 Å². The first-order chi connectivity index (χ1) is 23.9. The summed E-state index contributed by atoms with van der Waals surface area (Å²) in [5.41, 5.74) is 2.36. The number of anilines is 2. The van der Waals surface area contributed by atoms with Crippen LogP contribution in [0.15, 0.2) is 119 Å². The second-order valence-corrected chi connectivity index (χ2v) is 13.3. The largest absolute Gasteiger partial charge is 0.493 e. The molecule has 5 rings (SSSR count). The van der Waals surface area contributed by atoms with Crippen LogP contribution in [0, 0.1) is 0 Å². The van der Waals surface area contributed by atoms with Gasteiger partial charge < -0.3 is 20.1 Å². The van der Waals surface area contributed by atoms with Crippen LogP contribution in [0.3, 0.4) is 0 Å². The Kier molecular flexibility index (Phi) is 12.5. The quantitative estimate of drug-likeness (QED) is 0.0790. The molecule has 0 spiro atoms. The van der Waals surface area contributed by atoms with Gasteiger partial charge in [-0.3, -0.25) is 19.7 Å². The number of ether oxygens (including phenoxy) is 2. The Balaban J connectivity index is 1.34. The van der Waals surface area contributed by atoms with Gasteiger partial charge in [0, 0.05) is 27.7 Å². The molecule has 0 bridgehead atoms. The van der Waals surface area contributed by atoms with Crippen molar-refractivity contribution in [2.45, 2.75) is 22.2 Å². The Bertz CT molecular complexity index is 1920. The summed E-state index contributed by atoms with van der Waals surface area (Å²) in [5.74, 6) is 0.652. The number of benzene rings is 4. The fourth-order valence-electron chi connectivity index (χ4n) is 4.52. The zero-order chi connectivity index (χ0) is 34.6. The molecule has 49 heavy (non-hydrogen) atoms. The molecule has 1 unspecified atom stereocenters. The molecule has 3 N–H and O–H groups in total. The van der Waals surface area contributed by atoms with Crippen LogP contribution in [-0.2, 0) is 9.59 Å². The Labute approximate surface area is 296 Å². The standard InChI is InChI=1S/C36H33N5O5S3/c1-4-47-36-40-35(49-41-36)39-34(44)31(24-11-7-5-8-12-24)48-27-18-16-26(17-19-27)37-33(43)28(38-32(42)25-13-9-6-10-14-25)21-23-15-20-29(45-2)30(22-23)46-3/h5-22,31H,4H2,1-3H3,(H,37,43)(H,38,42)(H,39,40,41,44)/b28-21-. The number of amides is 3. The number of aromatic nitrogens is 2. The van der Waals surface area contributed by atoms with Gasteiger partial charge >= 0.3 is 0 Å². The van der Waals surface area contributed by atoms with Crippen molar-refractivity contribution in [2.24, 2.45) is 0 Å². The van der Waals surface area contributed by atoms with Crippen molar-refractivity contribution in [3.05, 3.63) is 126 Å². The van der Waals surface area contributed by atoms with Gasteiger partial charge in [0.15, 0.2) is 11.5 Å². The van der Waals surface area contributed by atoms with E-state index in [2.05, 4.69) is 25.3 Å². The number of carbonyl (C=O) groups is 3. The molecule has 0 radical (unpaired) electrons. The fourth-order valence-corrected chi connectivity index (χ4v) is 6.82. The maximum absolute atomic E-state index is 13.6. The third-order valence-electron chi connectivity index (χ3n) is 6.86. The lowest BCUT2D eigenvalue weighted by Gasteiger charge is -2.16. The van der Waals surface area contributed by atoms with Crippen LogP contribution in [0.25, 0.3) is 6.08 Å². The van der Waals surface area contributed by atoms with Gasteiger partial charge in [-0.05, 0) is 71.5 Å². The molecule has 1 atom stereocenters. The summed E-state index contributed by atoms with van der Waals surface area (Å²) in [6, 6.07) is 30.4. The first-order valence-electron chi connectivity index (χ1n) is 15.1. The Hall–Kier alpha value is -5.11. The average Bonchev–Trinajstić information content (AvgIpc) is 3.58. The van der Waals surface area contributed by atoms with Crippen LogP contribution in [0.1, 0.15) is 33.7 Å². The highest BCUT2D eigenvalue weighted by atomic mass is 32.2. The fraction of sp³-hybridized carbons (Fsp3) is 0.139. The van der Waals surface area contributed by atoms with E-state index in [1.165, 1.54) is 37.7 Å². The molecule has 0 fully saturated rings. The van der Waals surface area contributed by atoms with Crippen molar-refractivity contribution >= 4 is 69.7 Å². The molecule has 0 aliphatic rings. The highest BCUT2D eigenvalue weighted by Crippen LogP contribution is 2.37. The van der Waals surface area contributed by atoms with Crippen LogP contribution in [0.5, 0.6) is 11.5 Å². The van der Waals surface area contributed by atoms with E-state index in [1.54, 1.807) is 66.7 Å². The lowest BCUT2D eigenvalue weighted by Crippen LogP contribution is -2.30. The smallest absolute Gasteiger partial charge is 0.272 e. The van der Waals surface area contributed by atoms with Gasteiger partial charge in [-0.2, -0.15) is 9.36 Å². The second-order valence-electron chi connectivity index (χ2n) is 10.2. The Morgan fingerprint density at radius 3 is 2.22 bits per heavy atom. The molecule has 0 aliphatic heterocycles. The van der Waals surface area contributed by atoms with Gasteiger partial charge in [-0.1, -0.05) is 73.3 Å². The lowest BCUT2D eigenvalue weighted by molar-refractivity contribution is -0.116. The van der Waals surface area contributed by atoms with Crippen LogP contribution < -0.4 is 25.4 Å². The molecule has 1 aromatic heterocycles. The van der Waals surface area contributed by atoms with E-state index < -0.39 is 17.1 Å². The van der Waals surface area contributed by atoms with Crippen molar-refractivity contribution in [3.63, 3.8) is 0 Å². The summed E-state index contributed by atoms with van der Waals surface area (Å²) < 4.78 is 15.0. The van der Waals surface area contributed by atoms with E-state index in [0.717, 1.165) is 27.7 Å². The molecular weight excluding hydrogens is 679 g/mol.